The van der Waals surface area contributed by atoms with E-state index in [1.54, 1.807) is 66.7 Å². The highest BCUT2D eigenvalue weighted by molar-refractivity contribution is 6.31. The predicted molar refractivity (Wildman–Crippen MR) is 233 cm³/mol. The lowest BCUT2D eigenvalue weighted by Gasteiger charge is -2.47. The number of benzene rings is 4. The van der Waals surface area contributed by atoms with E-state index in [4.69, 9.17) is 27.9 Å². The Balaban J connectivity index is 0.836. The summed E-state index contributed by atoms with van der Waals surface area (Å²) >= 11 is 12.8. The van der Waals surface area contributed by atoms with E-state index >= 15 is 4.39 Å². The maximum atomic E-state index is 16.2. The minimum atomic E-state index is -1.36. The molecule has 9 rings (SSSR count). The molecule has 0 bridgehead atoms. The molecule has 4 heterocycles. The zero-order valence-electron chi connectivity index (χ0n) is 34.2. The number of fused-ring (bicyclic) bond motifs is 4. The molecule has 1 aliphatic carbocycles. The van der Waals surface area contributed by atoms with Crippen molar-refractivity contribution >= 4 is 70.0 Å². The Morgan fingerprint density at radius 1 is 0.905 bits per heavy atom. The highest BCUT2D eigenvalue weighted by Gasteiger charge is 2.72. The number of rotatable bonds is 11. The Morgan fingerprint density at radius 2 is 1.68 bits per heavy atom. The van der Waals surface area contributed by atoms with Gasteiger partial charge in [-0.3, -0.25) is 39.4 Å². The number of piperidine rings is 1. The minimum Gasteiger partial charge on any atom is -0.493 e. The molecule has 4 aromatic rings. The van der Waals surface area contributed by atoms with Gasteiger partial charge >= 0.3 is 0 Å². The monoisotopic (exact) mass is 894 g/mol. The Morgan fingerprint density at radius 3 is 2.46 bits per heavy atom. The fraction of sp³-hybridized carbons (Fsp3) is 0.362. The average Bonchev–Trinajstić information content (AvgIpc) is 3.87. The second-order valence-electron chi connectivity index (χ2n) is 16.9. The van der Waals surface area contributed by atoms with Gasteiger partial charge in [0.05, 0.1) is 24.2 Å². The van der Waals surface area contributed by atoms with Gasteiger partial charge in [0.15, 0.2) is 0 Å². The number of nitrogens with zero attached hydrogens (tertiary/aromatic N) is 1. The number of amides is 6. The molecule has 0 aromatic heterocycles. The van der Waals surface area contributed by atoms with Gasteiger partial charge in [-0.25, -0.2) is 4.39 Å². The van der Waals surface area contributed by atoms with E-state index in [2.05, 4.69) is 26.6 Å². The minimum absolute atomic E-state index is 0.112. The van der Waals surface area contributed by atoms with E-state index in [0.29, 0.717) is 83.2 Å². The van der Waals surface area contributed by atoms with Gasteiger partial charge in [0.1, 0.15) is 23.0 Å². The van der Waals surface area contributed by atoms with Crippen LogP contribution in [0.1, 0.15) is 101 Å². The first-order valence-electron chi connectivity index (χ1n) is 21.3. The molecule has 6 amide bonds. The molecule has 326 valence electrons. The summed E-state index contributed by atoms with van der Waals surface area (Å²) in [6, 6.07) is 19.8. The summed E-state index contributed by atoms with van der Waals surface area (Å²) in [5.74, 6) is -3.30. The van der Waals surface area contributed by atoms with Crippen LogP contribution in [0, 0.1) is 5.82 Å². The summed E-state index contributed by atoms with van der Waals surface area (Å²) in [5, 5.41) is 15.2. The van der Waals surface area contributed by atoms with Crippen LogP contribution in [0.25, 0.3) is 0 Å². The molecular weight excluding hydrogens is 850 g/mol. The lowest BCUT2D eigenvalue weighted by molar-refractivity contribution is -0.137. The third-order valence-corrected chi connectivity index (χ3v) is 13.9. The Kier molecular flexibility index (Phi) is 11.5. The summed E-state index contributed by atoms with van der Waals surface area (Å²) in [5.41, 5.74) is 1.07. The molecule has 1 saturated carbocycles. The molecule has 13 nitrogen and oxygen atoms in total. The van der Waals surface area contributed by atoms with E-state index < -0.39 is 46.6 Å². The SMILES string of the molecule is O=C1CCC(N2Cc3c(OCCCCNC(=O)c4ccc(NC(=O)[C@@H]5NC6(CCCCC6)[C@@]6(C(=O)Nc7cc(Cl)ccc76)[C@H]5c5cccc(Cl)c5F)cc4)cccc3C2=O)C(=O)N1. The molecule has 5 aliphatic rings. The molecule has 3 fully saturated rings. The van der Waals surface area contributed by atoms with Crippen LogP contribution in [0.4, 0.5) is 15.8 Å². The number of carbonyl (C=O) groups excluding carboxylic acids is 6. The van der Waals surface area contributed by atoms with Crippen molar-refractivity contribution in [3.63, 3.8) is 0 Å². The molecule has 2 spiro atoms. The molecule has 1 unspecified atom stereocenters. The molecular formula is C47H45Cl2FN6O7. The number of nitrogens with one attached hydrogen (secondary N) is 5. The topological polar surface area (TPSA) is 175 Å². The van der Waals surface area contributed by atoms with Gasteiger partial charge in [-0.05, 0) is 97.8 Å². The van der Waals surface area contributed by atoms with Crippen LogP contribution in [-0.2, 0) is 31.1 Å². The van der Waals surface area contributed by atoms with Crippen LogP contribution in [0.3, 0.4) is 0 Å². The molecule has 16 heteroatoms. The molecule has 4 aliphatic heterocycles. The van der Waals surface area contributed by atoms with E-state index in [-0.39, 0.29) is 53.6 Å². The highest BCUT2D eigenvalue weighted by Crippen LogP contribution is 2.63. The van der Waals surface area contributed by atoms with Crippen LogP contribution in [0.2, 0.25) is 10.0 Å². The smallest absolute Gasteiger partial charge is 0.255 e. The first-order valence-corrected chi connectivity index (χ1v) is 22.1. The van der Waals surface area contributed by atoms with Gasteiger partial charge in [-0.1, -0.05) is 66.7 Å². The number of halogens is 3. The summed E-state index contributed by atoms with van der Waals surface area (Å²) in [6.45, 7) is 0.916. The number of hydrogen-bond acceptors (Lipinski definition) is 8. The molecule has 0 radical (unpaired) electrons. The van der Waals surface area contributed by atoms with Crippen LogP contribution < -0.4 is 31.3 Å². The van der Waals surface area contributed by atoms with Crippen LogP contribution in [-0.4, -0.2) is 71.1 Å². The highest BCUT2D eigenvalue weighted by atomic mass is 35.5. The lowest BCUT2D eigenvalue weighted by atomic mass is 9.55. The quantitative estimate of drug-likeness (QED) is 0.0811. The third-order valence-electron chi connectivity index (χ3n) is 13.4. The van der Waals surface area contributed by atoms with Crippen molar-refractivity contribution in [2.45, 2.75) is 93.3 Å². The van der Waals surface area contributed by atoms with Gasteiger partial charge in [-0.15, -0.1) is 0 Å². The number of imide groups is 1. The predicted octanol–water partition coefficient (Wildman–Crippen LogP) is 6.77. The summed E-state index contributed by atoms with van der Waals surface area (Å²) < 4.78 is 22.3. The maximum absolute atomic E-state index is 16.2. The average molecular weight is 896 g/mol. The van der Waals surface area contributed by atoms with Crippen molar-refractivity contribution in [2.75, 3.05) is 23.8 Å². The molecule has 4 atom stereocenters. The standard InChI is InChI=1S/C47H45Cl2FN6O7/c48-27-14-17-32-34(24-27)53-45(62)47(32)38(30-9-6-10-33(49)39(30)50)40(55-46(47)20-2-1-3-21-46)43(60)52-28-15-12-26(13-16-28)41(58)51-22-4-5-23-63-36-11-7-8-29-31(36)25-56(44(29)61)35-18-19-37(57)54-42(35)59/h6-17,24,35,38,40,55H,1-5,18-23,25H2,(H,51,58)(H,52,60)(H,53,62)(H,54,57,59)/t35?,38-,40+,47+/m0/s1. The zero-order valence-corrected chi connectivity index (χ0v) is 35.7. The first kappa shape index (κ1) is 42.5. The molecule has 5 N–H and O–H groups in total. The van der Waals surface area contributed by atoms with Gasteiger partial charge in [0.2, 0.25) is 23.6 Å². The van der Waals surface area contributed by atoms with E-state index in [1.165, 1.54) is 11.0 Å². The van der Waals surface area contributed by atoms with Crippen LogP contribution in [0.15, 0.2) is 78.9 Å². The Labute approximate surface area is 372 Å². The second-order valence-corrected chi connectivity index (χ2v) is 17.7. The van der Waals surface area contributed by atoms with Crippen molar-refractivity contribution in [3.05, 3.63) is 123 Å². The molecule has 63 heavy (non-hydrogen) atoms. The van der Waals surface area contributed by atoms with E-state index in [0.717, 1.165) is 19.3 Å². The number of unbranched alkanes of at least 4 members (excludes halogenated alkanes) is 1. The van der Waals surface area contributed by atoms with Gasteiger partial charge in [-0.2, -0.15) is 0 Å². The van der Waals surface area contributed by atoms with E-state index in [9.17, 15) is 28.8 Å². The van der Waals surface area contributed by atoms with Gasteiger partial charge in [0, 0.05) is 57.5 Å². The van der Waals surface area contributed by atoms with E-state index in [1.807, 2.05) is 6.07 Å². The fourth-order valence-corrected chi connectivity index (χ4v) is 10.9. The molecule has 4 aromatic carbocycles. The lowest BCUT2D eigenvalue weighted by Crippen LogP contribution is -2.60. The van der Waals surface area contributed by atoms with Crippen molar-refractivity contribution < 1.29 is 37.9 Å². The Bertz CT molecular complexity index is 2550. The first-order chi connectivity index (χ1) is 30.4. The number of anilines is 2. The van der Waals surface area contributed by atoms with Gasteiger partial charge < -0.3 is 25.6 Å². The van der Waals surface area contributed by atoms with Crippen molar-refractivity contribution in [2.24, 2.45) is 0 Å². The van der Waals surface area contributed by atoms with Crippen molar-refractivity contribution in [1.29, 1.82) is 0 Å². The van der Waals surface area contributed by atoms with Gasteiger partial charge in [0.25, 0.3) is 11.8 Å². The summed E-state index contributed by atoms with van der Waals surface area (Å²) in [4.78, 5) is 80.9. The zero-order chi connectivity index (χ0) is 44.0. The van der Waals surface area contributed by atoms with Crippen LogP contribution in [0.5, 0.6) is 5.75 Å². The summed E-state index contributed by atoms with van der Waals surface area (Å²) in [6.07, 6.45) is 5.44. The van der Waals surface area contributed by atoms with Crippen molar-refractivity contribution in [1.82, 2.24) is 20.9 Å². The maximum Gasteiger partial charge on any atom is 0.255 e. The molecule has 2 saturated heterocycles. The summed E-state index contributed by atoms with van der Waals surface area (Å²) in [7, 11) is 0. The number of carbonyl (C=O) groups is 6. The second kappa shape index (κ2) is 17.0. The van der Waals surface area contributed by atoms with Crippen LogP contribution >= 0.6 is 23.2 Å². The van der Waals surface area contributed by atoms with Crippen molar-refractivity contribution in [3.8, 4) is 5.75 Å². The third kappa shape index (κ3) is 7.41. The number of ether oxygens (including phenoxy) is 1. The number of hydrogen-bond donors (Lipinski definition) is 5. The Hall–Kier alpha value is -5.83. The normalized spacial score (nSPS) is 23.3. The largest absolute Gasteiger partial charge is 0.493 e. The fourth-order valence-electron chi connectivity index (χ4n) is 10.5.